The van der Waals surface area contributed by atoms with Crippen LogP contribution in [0.3, 0.4) is 0 Å². The molecule has 4 aromatic carbocycles. The second-order valence-corrected chi connectivity index (χ2v) is 12.9. The lowest BCUT2D eigenvalue weighted by molar-refractivity contribution is -0.140. The molecule has 0 aromatic heterocycles. The molecule has 0 aliphatic rings. The van der Waals surface area contributed by atoms with Crippen molar-refractivity contribution in [1.29, 1.82) is 0 Å². The summed E-state index contributed by atoms with van der Waals surface area (Å²) in [5.74, 6) is -1.29. The first-order valence-corrected chi connectivity index (χ1v) is 16.2. The predicted molar refractivity (Wildman–Crippen MR) is 172 cm³/mol. The first-order chi connectivity index (χ1) is 21.8. The molecule has 0 bridgehead atoms. The maximum Gasteiger partial charge on any atom is 0.416 e. The van der Waals surface area contributed by atoms with E-state index in [9.17, 15) is 31.2 Å². The number of sulfonamides is 1. The van der Waals surface area contributed by atoms with E-state index in [-0.39, 0.29) is 29.4 Å². The van der Waals surface area contributed by atoms with E-state index in [1.54, 1.807) is 49.4 Å². The Balaban J connectivity index is 1.86. The van der Waals surface area contributed by atoms with E-state index in [1.807, 2.05) is 25.1 Å². The predicted octanol–water partition coefficient (Wildman–Crippen LogP) is 6.64. The minimum atomic E-state index is -4.82. The van der Waals surface area contributed by atoms with Gasteiger partial charge in [0.1, 0.15) is 12.6 Å². The summed E-state index contributed by atoms with van der Waals surface area (Å²) < 4.78 is 70.0. The summed E-state index contributed by atoms with van der Waals surface area (Å²) >= 11 is 6.34. The Morgan fingerprint density at radius 1 is 0.870 bits per heavy atom. The van der Waals surface area contributed by atoms with Gasteiger partial charge in [0, 0.05) is 19.5 Å². The van der Waals surface area contributed by atoms with Crippen molar-refractivity contribution in [2.75, 3.05) is 17.4 Å². The van der Waals surface area contributed by atoms with Crippen molar-refractivity contribution < 1.29 is 31.2 Å². The molecular formula is C34H33ClF3N3O4S. The van der Waals surface area contributed by atoms with Gasteiger partial charge in [-0.05, 0) is 55.3 Å². The number of nitrogens with one attached hydrogen (secondary N) is 1. The second-order valence-electron chi connectivity index (χ2n) is 10.6. The van der Waals surface area contributed by atoms with Crippen molar-refractivity contribution in [3.8, 4) is 0 Å². The summed E-state index contributed by atoms with van der Waals surface area (Å²) in [7, 11) is -4.63. The maximum absolute atomic E-state index is 14.4. The Kier molecular flexibility index (Phi) is 11.1. The summed E-state index contributed by atoms with van der Waals surface area (Å²) in [5.41, 5.74) is 0.700. The van der Waals surface area contributed by atoms with Crippen molar-refractivity contribution in [3.05, 3.63) is 130 Å². The van der Waals surface area contributed by atoms with Gasteiger partial charge in [-0.25, -0.2) is 8.42 Å². The molecule has 12 heteroatoms. The Morgan fingerprint density at radius 3 is 2.07 bits per heavy atom. The summed E-state index contributed by atoms with van der Waals surface area (Å²) in [6.45, 7) is 2.88. The van der Waals surface area contributed by atoms with Gasteiger partial charge in [0.05, 0.1) is 21.2 Å². The molecule has 46 heavy (non-hydrogen) atoms. The molecule has 4 rings (SSSR count). The van der Waals surface area contributed by atoms with E-state index in [0.29, 0.717) is 15.9 Å². The van der Waals surface area contributed by atoms with E-state index in [4.69, 9.17) is 11.6 Å². The number of carbonyl (C=O) groups excluding carboxylic acids is 2. The Bertz CT molecular complexity index is 1750. The molecule has 0 radical (unpaired) electrons. The van der Waals surface area contributed by atoms with Gasteiger partial charge in [-0.3, -0.25) is 13.9 Å². The quantitative estimate of drug-likeness (QED) is 0.183. The highest BCUT2D eigenvalue weighted by atomic mass is 35.5. The molecule has 0 aliphatic carbocycles. The molecule has 2 amide bonds. The number of carbonyl (C=O) groups is 2. The highest BCUT2D eigenvalue weighted by Gasteiger charge is 2.37. The number of alkyl halides is 3. The van der Waals surface area contributed by atoms with Crippen LogP contribution in [0.5, 0.6) is 0 Å². The van der Waals surface area contributed by atoms with Crippen LogP contribution in [0.2, 0.25) is 5.02 Å². The number of aryl methyl sites for hydroxylation is 1. The lowest BCUT2D eigenvalue weighted by atomic mass is 10.0. The van der Waals surface area contributed by atoms with Gasteiger partial charge in [-0.2, -0.15) is 13.2 Å². The van der Waals surface area contributed by atoms with Gasteiger partial charge in [-0.1, -0.05) is 90.0 Å². The van der Waals surface area contributed by atoms with Crippen LogP contribution in [0.4, 0.5) is 18.9 Å². The summed E-state index contributed by atoms with van der Waals surface area (Å²) in [4.78, 5) is 28.9. The minimum absolute atomic E-state index is 0.0801. The average molecular weight is 672 g/mol. The SMILES string of the molecule is CCNC(=O)[C@H](Cc1ccccc1)N(Cc1ccc(C)cc1)C(=O)CN(c1cc(C(F)(F)F)ccc1Cl)S(=O)(=O)c1ccccc1. The monoisotopic (exact) mass is 671 g/mol. The fourth-order valence-electron chi connectivity index (χ4n) is 4.85. The summed E-state index contributed by atoms with van der Waals surface area (Å²) in [6.07, 6.45) is -4.72. The van der Waals surface area contributed by atoms with Crippen LogP contribution in [0.15, 0.2) is 108 Å². The minimum Gasteiger partial charge on any atom is -0.355 e. The molecule has 0 saturated heterocycles. The van der Waals surface area contributed by atoms with Crippen LogP contribution < -0.4 is 9.62 Å². The molecule has 7 nitrogen and oxygen atoms in total. The molecule has 1 atom stereocenters. The van der Waals surface area contributed by atoms with Crippen LogP contribution >= 0.6 is 11.6 Å². The number of hydrogen-bond acceptors (Lipinski definition) is 4. The third kappa shape index (κ3) is 8.46. The molecule has 4 aromatic rings. The van der Waals surface area contributed by atoms with Crippen LogP contribution in [-0.2, 0) is 38.8 Å². The smallest absolute Gasteiger partial charge is 0.355 e. The second kappa shape index (κ2) is 14.8. The number of halogens is 4. The molecule has 0 unspecified atom stereocenters. The van der Waals surface area contributed by atoms with Gasteiger partial charge >= 0.3 is 6.18 Å². The van der Waals surface area contributed by atoms with Crippen molar-refractivity contribution in [2.45, 2.75) is 43.9 Å². The van der Waals surface area contributed by atoms with E-state index in [0.717, 1.165) is 23.3 Å². The maximum atomic E-state index is 14.4. The molecule has 0 aliphatic heterocycles. The Hall–Kier alpha value is -4.35. The normalized spacial score (nSPS) is 12.3. The standard InChI is InChI=1S/C34H33ClF3N3O4S/c1-3-39-33(43)31(20-25-10-6-4-7-11-25)40(22-26-16-14-24(2)15-17-26)32(42)23-41(46(44,45)28-12-8-5-9-13-28)30-21-27(34(36,37)38)18-19-29(30)35/h4-19,21,31H,3,20,22-23H2,1-2H3,(H,39,43)/t31-/m0/s1. The number of likely N-dealkylation sites (N-methyl/N-ethyl adjacent to an activating group) is 1. The highest BCUT2D eigenvalue weighted by Crippen LogP contribution is 2.37. The Labute approximate surface area is 271 Å². The molecule has 242 valence electrons. The van der Waals surface area contributed by atoms with E-state index in [2.05, 4.69) is 5.32 Å². The van der Waals surface area contributed by atoms with Crippen molar-refractivity contribution in [1.82, 2.24) is 10.2 Å². The van der Waals surface area contributed by atoms with E-state index < -0.39 is 51.9 Å². The Morgan fingerprint density at radius 2 is 1.48 bits per heavy atom. The first kappa shape index (κ1) is 34.5. The van der Waals surface area contributed by atoms with Gasteiger partial charge in [0.25, 0.3) is 10.0 Å². The van der Waals surface area contributed by atoms with Crippen molar-refractivity contribution in [2.24, 2.45) is 0 Å². The van der Waals surface area contributed by atoms with Crippen molar-refractivity contribution in [3.63, 3.8) is 0 Å². The topological polar surface area (TPSA) is 86.8 Å². The lowest BCUT2D eigenvalue weighted by Crippen LogP contribution is -2.53. The number of rotatable bonds is 12. The average Bonchev–Trinajstić information content (AvgIpc) is 3.03. The largest absolute Gasteiger partial charge is 0.416 e. The molecular weight excluding hydrogens is 639 g/mol. The zero-order chi connectivity index (χ0) is 33.5. The summed E-state index contributed by atoms with van der Waals surface area (Å²) in [6, 6.07) is 24.5. The van der Waals surface area contributed by atoms with Crippen LogP contribution in [0, 0.1) is 6.92 Å². The summed E-state index contributed by atoms with van der Waals surface area (Å²) in [5, 5.41) is 2.45. The third-order valence-electron chi connectivity index (χ3n) is 7.25. The van der Waals surface area contributed by atoms with Crippen LogP contribution in [0.25, 0.3) is 0 Å². The van der Waals surface area contributed by atoms with Gasteiger partial charge < -0.3 is 10.2 Å². The molecule has 0 heterocycles. The highest BCUT2D eigenvalue weighted by molar-refractivity contribution is 7.92. The first-order valence-electron chi connectivity index (χ1n) is 14.4. The number of nitrogens with zero attached hydrogens (tertiary/aromatic N) is 2. The lowest BCUT2D eigenvalue weighted by Gasteiger charge is -2.34. The fourth-order valence-corrected chi connectivity index (χ4v) is 6.56. The molecule has 0 spiro atoms. The van der Waals surface area contributed by atoms with E-state index >= 15 is 0 Å². The number of hydrogen-bond donors (Lipinski definition) is 1. The van der Waals surface area contributed by atoms with Crippen LogP contribution in [0.1, 0.15) is 29.2 Å². The number of benzene rings is 4. The molecule has 0 saturated carbocycles. The number of amides is 2. The van der Waals surface area contributed by atoms with Crippen molar-refractivity contribution >= 4 is 39.1 Å². The van der Waals surface area contributed by atoms with Gasteiger partial charge in [-0.15, -0.1) is 0 Å². The van der Waals surface area contributed by atoms with Crippen LogP contribution in [-0.4, -0.2) is 44.3 Å². The van der Waals surface area contributed by atoms with Gasteiger partial charge in [0.2, 0.25) is 11.8 Å². The molecule has 1 N–H and O–H groups in total. The zero-order valence-corrected chi connectivity index (χ0v) is 26.7. The van der Waals surface area contributed by atoms with E-state index in [1.165, 1.54) is 29.2 Å². The number of anilines is 1. The fraction of sp³-hybridized carbons (Fsp3) is 0.235. The zero-order valence-electron chi connectivity index (χ0n) is 25.2. The van der Waals surface area contributed by atoms with Gasteiger partial charge in [0.15, 0.2) is 0 Å². The molecule has 0 fully saturated rings. The third-order valence-corrected chi connectivity index (χ3v) is 9.34.